The molecule has 2 N–H and O–H groups in total. The highest BCUT2D eigenvalue weighted by Gasteiger charge is 2.02. The number of hydrogen-bond acceptors (Lipinski definition) is 4. The second-order valence-electron chi connectivity index (χ2n) is 3.40. The van der Waals surface area contributed by atoms with Gasteiger partial charge in [-0.1, -0.05) is 18.2 Å². The molecule has 0 aliphatic heterocycles. The molecule has 98 valence electrons. The van der Waals surface area contributed by atoms with E-state index in [0.29, 0.717) is 18.1 Å². The molecule has 1 aromatic carbocycles. The van der Waals surface area contributed by atoms with Crippen LogP contribution in [0.1, 0.15) is 0 Å². The maximum Gasteiger partial charge on any atom is 0.313 e. The number of carboxylic acids is 1. The first-order valence-corrected chi connectivity index (χ1v) is 7.56. The normalized spacial score (nSPS) is 10.0. The van der Waals surface area contributed by atoms with Crippen molar-refractivity contribution in [1.82, 2.24) is 5.32 Å². The summed E-state index contributed by atoms with van der Waals surface area (Å²) in [6, 6.07) is 9.72. The Balaban J connectivity index is 2.06. The molecule has 0 heterocycles. The number of aliphatic carboxylic acids is 1. The SMILES string of the molecule is O=C(O)CSCCNC(=O)CSc1ccccc1. The van der Waals surface area contributed by atoms with Crippen LogP contribution in [0.3, 0.4) is 0 Å². The van der Waals surface area contributed by atoms with Crippen molar-refractivity contribution in [2.45, 2.75) is 4.90 Å². The number of amides is 1. The third-order valence-electron chi connectivity index (χ3n) is 1.91. The molecule has 0 atom stereocenters. The third-order valence-corrected chi connectivity index (χ3v) is 3.86. The number of rotatable bonds is 8. The Kier molecular flexibility index (Phi) is 7.36. The van der Waals surface area contributed by atoms with E-state index in [2.05, 4.69) is 5.32 Å². The lowest BCUT2D eigenvalue weighted by Crippen LogP contribution is -2.27. The number of thioether (sulfide) groups is 2. The first kappa shape index (κ1) is 14.9. The van der Waals surface area contributed by atoms with Gasteiger partial charge in [-0.15, -0.1) is 23.5 Å². The molecule has 0 radical (unpaired) electrons. The molecule has 6 heteroatoms. The fraction of sp³-hybridized carbons (Fsp3) is 0.333. The Labute approximate surface area is 115 Å². The maximum absolute atomic E-state index is 11.5. The zero-order valence-corrected chi connectivity index (χ0v) is 11.4. The van der Waals surface area contributed by atoms with E-state index < -0.39 is 5.97 Å². The standard InChI is InChI=1S/C12H15NO3S2/c14-11(13-6-7-17-9-12(15)16)8-18-10-4-2-1-3-5-10/h1-5H,6-9H2,(H,13,14)(H,15,16). The van der Waals surface area contributed by atoms with E-state index in [-0.39, 0.29) is 11.7 Å². The lowest BCUT2D eigenvalue weighted by molar-refractivity contribution is -0.133. The van der Waals surface area contributed by atoms with E-state index in [1.165, 1.54) is 23.5 Å². The summed E-state index contributed by atoms with van der Waals surface area (Å²) >= 11 is 2.78. The van der Waals surface area contributed by atoms with Crippen molar-refractivity contribution in [3.63, 3.8) is 0 Å². The van der Waals surface area contributed by atoms with Gasteiger partial charge in [0.2, 0.25) is 5.91 Å². The summed E-state index contributed by atoms with van der Waals surface area (Å²) in [6.07, 6.45) is 0. The molecule has 1 aromatic rings. The van der Waals surface area contributed by atoms with Gasteiger partial charge in [0.05, 0.1) is 11.5 Å². The molecule has 0 aromatic heterocycles. The Morgan fingerprint density at radius 1 is 1.17 bits per heavy atom. The molecule has 0 aliphatic rings. The maximum atomic E-state index is 11.5. The molecular formula is C12H15NO3S2. The summed E-state index contributed by atoms with van der Waals surface area (Å²) < 4.78 is 0. The minimum atomic E-state index is -0.828. The highest BCUT2D eigenvalue weighted by molar-refractivity contribution is 8.00. The quantitative estimate of drug-likeness (QED) is 0.562. The van der Waals surface area contributed by atoms with Crippen molar-refractivity contribution >= 4 is 35.4 Å². The van der Waals surface area contributed by atoms with Crippen LogP contribution in [-0.4, -0.2) is 40.8 Å². The van der Waals surface area contributed by atoms with E-state index in [1.54, 1.807) is 0 Å². The predicted octanol–water partition coefficient (Wildman–Crippen LogP) is 1.71. The molecule has 0 fully saturated rings. The van der Waals surface area contributed by atoms with Crippen molar-refractivity contribution in [3.05, 3.63) is 30.3 Å². The van der Waals surface area contributed by atoms with Crippen molar-refractivity contribution in [2.75, 3.05) is 23.8 Å². The molecule has 0 bridgehead atoms. The molecule has 18 heavy (non-hydrogen) atoms. The van der Waals surface area contributed by atoms with Gasteiger partial charge in [-0.05, 0) is 12.1 Å². The first-order valence-electron chi connectivity index (χ1n) is 5.42. The zero-order valence-electron chi connectivity index (χ0n) is 9.80. The monoisotopic (exact) mass is 285 g/mol. The van der Waals surface area contributed by atoms with Gasteiger partial charge in [-0.25, -0.2) is 0 Å². The van der Waals surface area contributed by atoms with E-state index >= 15 is 0 Å². The Bertz CT molecular complexity index is 384. The molecule has 0 unspecified atom stereocenters. The number of carbonyl (C=O) groups excluding carboxylic acids is 1. The van der Waals surface area contributed by atoms with E-state index in [1.807, 2.05) is 30.3 Å². The van der Waals surface area contributed by atoms with Crippen LogP contribution in [0.15, 0.2) is 35.2 Å². The largest absolute Gasteiger partial charge is 0.481 e. The molecule has 0 saturated carbocycles. The highest BCUT2D eigenvalue weighted by atomic mass is 32.2. The van der Waals surface area contributed by atoms with Crippen molar-refractivity contribution in [2.24, 2.45) is 0 Å². The summed E-state index contributed by atoms with van der Waals surface area (Å²) in [6.45, 7) is 0.506. The van der Waals surface area contributed by atoms with Gasteiger partial charge in [-0.3, -0.25) is 9.59 Å². The van der Waals surface area contributed by atoms with Crippen LogP contribution in [0.2, 0.25) is 0 Å². The fourth-order valence-electron chi connectivity index (χ4n) is 1.14. The van der Waals surface area contributed by atoms with Crippen molar-refractivity contribution < 1.29 is 14.7 Å². The van der Waals surface area contributed by atoms with Crippen LogP contribution in [-0.2, 0) is 9.59 Å². The lowest BCUT2D eigenvalue weighted by atomic mass is 10.4. The number of nitrogens with one attached hydrogen (secondary N) is 1. The van der Waals surface area contributed by atoms with E-state index in [4.69, 9.17) is 5.11 Å². The van der Waals surface area contributed by atoms with Crippen LogP contribution in [0.4, 0.5) is 0 Å². The molecule has 1 amide bonds. The second kappa shape index (κ2) is 8.88. The van der Waals surface area contributed by atoms with Crippen molar-refractivity contribution in [1.29, 1.82) is 0 Å². The summed E-state index contributed by atoms with van der Waals surface area (Å²) in [5, 5.41) is 11.2. The van der Waals surface area contributed by atoms with Crippen molar-refractivity contribution in [3.8, 4) is 0 Å². The van der Waals surface area contributed by atoms with Crippen LogP contribution < -0.4 is 5.32 Å². The summed E-state index contributed by atoms with van der Waals surface area (Å²) in [4.78, 5) is 22.8. The Hall–Kier alpha value is -1.14. The van der Waals surface area contributed by atoms with E-state index in [0.717, 1.165) is 4.90 Å². The Morgan fingerprint density at radius 3 is 2.56 bits per heavy atom. The molecule has 0 spiro atoms. The molecule has 1 rings (SSSR count). The average Bonchev–Trinajstić information content (AvgIpc) is 2.37. The number of benzene rings is 1. The van der Waals surface area contributed by atoms with Crippen LogP contribution in [0.25, 0.3) is 0 Å². The second-order valence-corrected chi connectivity index (χ2v) is 5.55. The van der Waals surface area contributed by atoms with Gasteiger partial charge in [-0.2, -0.15) is 0 Å². The van der Waals surface area contributed by atoms with Crippen LogP contribution >= 0.6 is 23.5 Å². The van der Waals surface area contributed by atoms with Gasteiger partial charge in [0.1, 0.15) is 0 Å². The minimum absolute atomic E-state index is 0.0280. The minimum Gasteiger partial charge on any atom is -0.481 e. The van der Waals surface area contributed by atoms with E-state index in [9.17, 15) is 9.59 Å². The molecule has 4 nitrogen and oxygen atoms in total. The lowest BCUT2D eigenvalue weighted by Gasteiger charge is -2.04. The molecule has 0 aliphatic carbocycles. The van der Waals surface area contributed by atoms with Gasteiger partial charge >= 0.3 is 5.97 Å². The number of carboxylic acid groups (broad SMARTS) is 1. The summed E-state index contributed by atoms with van der Waals surface area (Å²) in [7, 11) is 0. The Morgan fingerprint density at radius 2 is 1.89 bits per heavy atom. The zero-order chi connectivity index (χ0) is 13.2. The van der Waals surface area contributed by atoms with Gasteiger partial charge in [0.25, 0.3) is 0 Å². The number of hydrogen-bond donors (Lipinski definition) is 2. The van der Waals surface area contributed by atoms with Gasteiger partial charge in [0, 0.05) is 17.2 Å². The predicted molar refractivity (Wildman–Crippen MR) is 75.1 cm³/mol. The molecular weight excluding hydrogens is 270 g/mol. The third kappa shape index (κ3) is 7.24. The highest BCUT2D eigenvalue weighted by Crippen LogP contribution is 2.16. The number of carbonyl (C=O) groups is 2. The summed E-state index contributed by atoms with van der Waals surface area (Å²) in [5.41, 5.74) is 0. The topological polar surface area (TPSA) is 66.4 Å². The smallest absolute Gasteiger partial charge is 0.313 e. The average molecular weight is 285 g/mol. The van der Waals surface area contributed by atoms with Crippen LogP contribution in [0.5, 0.6) is 0 Å². The van der Waals surface area contributed by atoms with Gasteiger partial charge in [0.15, 0.2) is 0 Å². The molecule has 0 saturated heterocycles. The van der Waals surface area contributed by atoms with Crippen LogP contribution in [0, 0.1) is 0 Å². The first-order chi connectivity index (χ1) is 8.68. The fourth-order valence-corrected chi connectivity index (χ4v) is 2.45. The summed E-state index contributed by atoms with van der Waals surface area (Å²) in [5.74, 6) is 0.224. The van der Waals surface area contributed by atoms with Gasteiger partial charge < -0.3 is 10.4 Å².